The Morgan fingerprint density at radius 1 is 0.950 bits per heavy atom. The van der Waals surface area contributed by atoms with Crippen LogP contribution in [-0.2, 0) is 6.54 Å². The molecule has 0 N–H and O–H groups in total. The van der Waals surface area contributed by atoms with E-state index in [9.17, 15) is 0 Å². The van der Waals surface area contributed by atoms with E-state index >= 15 is 0 Å². The number of aryl methyl sites for hydroxylation is 2. The van der Waals surface area contributed by atoms with E-state index in [1.165, 1.54) is 33.6 Å². The second-order valence-electron chi connectivity index (χ2n) is 5.87. The number of benzene rings is 2. The average molecular weight is 262 g/mol. The highest BCUT2D eigenvalue weighted by Gasteiger charge is 2.31. The van der Waals surface area contributed by atoms with Gasteiger partial charge in [0.1, 0.15) is 0 Å². The number of rotatable bonds is 0. The van der Waals surface area contributed by atoms with Crippen molar-refractivity contribution < 1.29 is 0 Å². The molecular formula is C18H18N2. The first-order chi connectivity index (χ1) is 9.63. The van der Waals surface area contributed by atoms with Crippen molar-refractivity contribution in [3.05, 3.63) is 65.2 Å². The fourth-order valence-corrected chi connectivity index (χ4v) is 3.30. The van der Waals surface area contributed by atoms with Crippen LogP contribution in [0.25, 0.3) is 5.70 Å². The Morgan fingerprint density at radius 3 is 2.45 bits per heavy atom. The summed E-state index contributed by atoms with van der Waals surface area (Å²) >= 11 is 0. The highest BCUT2D eigenvalue weighted by atomic mass is 15.4. The van der Waals surface area contributed by atoms with Crippen LogP contribution in [0.3, 0.4) is 0 Å². The topological polar surface area (TPSA) is 6.48 Å². The summed E-state index contributed by atoms with van der Waals surface area (Å²) in [5, 5.41) is 0. The van der Waals surface area contributed by atoms with Crippen molar-refractivity contribution in [3.8, 4) is 0 Å². The largest absolute Gasteiger partial charge is 0.348 e. The smallest absolute Gasteiger partial charge is 0.0955 e. The zero-order valence-corrected chi connectivity index (χ0v) is 12.0. The summed E-state index contributed by atoms with van der Waals surface area (Å²) < 4.78 is 0. The maximum atomic E-state index is 4.34. The average Bonchev–Trinajstić information content (AvgIpc) is 2.44. The summed E-state index contributed by atoms with van der Waals surface area (Å²) in [4.78, 5) is 4.77. The Balaban J connectivity index is 1.91. The predicted molar refractivity (Wildman–Crippen MR) is 84.9 cm³/mol. The molecule has 0 spiro atoms. The van der Waals surface area contributed by atoms with Gasteiger partial charge in [0.2, 0.25) is 0 Å². The van der Waals surface area contributed by atoms with Gasteiger partial charge in [-0.25, -0.2) is 0 Å². The molecule has 0 saturated heterocycles. The van der Waals surface area contributed by atoms with Crippen molar-refractivity contribution in [2.75, 3.05) is 16.5 Å². The molecule has 2 aliphatic heterocycles. The molecular weight excluding hydrogens is 244 g/mol. The van der Waals surface area contributed by atoms with Crippen LogP contribution in [0.5, 0.6) is 0 Å². The minimum atomic E-state index is 0.908. The van der Waals surface area contributed by atoms with Crippen molar-refractivity contribution in [3.63, 3.8) is 0 Å². The van der Waals surface area contributed by atoms with Crippen LogP contribution in [0.1, 0.15) is 22.3 Å². The summed E-state index contributed by atoms with van der Waals surface area (Å²) in [6, 6.07) is 13.4. The number of hydrogen-bond acceptors (Lipinski definition) is 2. The van der Waals surface area contributed by atoms with E-state index in [-0.39, 0.29) is 0 Å². The van der Waals surface area contributed by atoms with Gasteiger partial charge in [-0.1, -0.05) is 35.9 Å². The first-order valence-electron chi connectivity index (χ1n) is 7.05. The van der Waals surface area contributed by atoms with Gasteiger partial charge in [-0.2, -0.15) is 0 Å². The van der Waals surface area contributed by atoms with E-state index in [2.05, 4.69) is 66.6 Å². The van der Waals surface area contributed by atoms with E-state index in [1.807, 2.05) is 0 Å². The monoisotopic (exact) mass is 262 g/mol. The fourth-order valence-electron chi connectivity index (χ4n) is 3.30. The van der Waals surface area contributed by atoms with Crippen LogP contribution in [0.2, 0.25) is 0 Å². The van der Waals surface area contributed by atoms with E-state index in [0.717, 1.165) is 18.9 Å². The minimum Gasteiger partial charge on any atom is -0.348 e. The molecule has 0 amide bonds. The Morgan fingerprint density at radius 2 is 1.65 bits per heavy atom. The van der Waals surface area contributed by atoms with E-state index in [0.29, 0.717) is 0 Å². The third-order valence-electron chi connectivity index (χ3n) is 4.33. The Kier molecular flexibility index (Phi) is 2.25. The molecule has 2 bridgehead atoms. The van der Waals surface area contributed by atoms with Gasteiger partial charge >= 0.3 is 0 Å². The highest BCUT2D eigenvalue weighted by Crippen LogP contribution is 2.42. The number of hydrogen-bond donors (Lipinski definition) is 0. The molecule has 2 heteroatoms. The minimum absolute atomic E-state index is 0.908. The van der Waals surface area contributed by atoms with Gasteiger partial charge in [0, 0.05) is 29.2 Å². The molecule has 2 aliphatic rings. The lowest BCUT2D eigenvalue weighted by Gasteiger charge is -2.45. The summed E-state index contributed by atoms with van der Waals surface area (Å²) in [6.45, 7) is 10.5. The maximum absolute atomic E-state index is 4.34. The van der Waals surface area contributed by atoms with Crippen LogP contribution in [0, 0.1) is 13.8 Å². The molecule has 0 aliphatic carbocycles. The number of anilines is 2. The van der Waals surface area contributed by atoms with Crippen molar-refractivity contribution >= 4 is 17.1 Å². The number of nitrogens with zero attached hydrogens (tertiary/aromatic N) is 2. The van der Waals surface area contributed by atoms with Gasteiger partial charge in [0.05, 0.1) is 6.67 Å². The maximum Gasteiger partial charge on any atom is 0.0955 e. The molecule has 0 radical (unpaired) electrons. The first-order valence-corrected chi connectivity index (χ1v) is 7.05. The SMILES string of the molecule is C=C1c2cc(C)ccc2N2Cc3cc(C)ccc3N1C2. The zero-order chi connectivity index (χ0) is 13.9. The van der Waals surface area contributed by atoms with Gasteiger partial charge in [0.25, 0.3) is 0 Å². The lowest BCUT2D eigenvalue weighted by atomic mass is 9.97. The first kappa shape index (κ1) is 11.6. The Bertz CT molecular complexity index is 730. The zero-order valence-electron chi connectivity index (χ0n) is 12.0. The van der Waals surface area contributed by atoms with Crippen LogP contribution < -0.4 is 9.80 Å². The van der Waals surface area contributed by atoms with Gasteiger partial charge in [-0.3, -0.25) is 0 Å². The van der Waals surface area contributed by atoms with Crippen molar-refractivity contribution in [1.29, 1.82) is 0 Å². The molecule has 0 unspecified atom stereocenters. The molecule has 4 rings (SSSR count). The Hall–Kier alpha value is -2.22. The van der Waals surface area contributed by atoms with E-state index in [1.54, 1.807) is 0 Å². The highest BCUT2D eigenvalue weighted by molar-refractivity contribution is 5.90. The molecule has 0 aromatic heterocycles. The van der Waals surface area contributed by atoms with E-state index in [4.69, 9.17) is 0 Å². The number of fused-ring (bicyclic) bond motifs is 6. The van der Waals surface area contributed by atoms with Crippen LogP contribution in [0.15, 0.2) is 43.0 Å². The summed E-state index contributed by atoms with van der Waals surface area (Å²) in [5.41, 5.74) is 9.00. The molecule has 0 fully saturated rings. The van der Waals surface area contributed by atoms with Crippen LogP contribution >= 0.6 is 0 Å². The third-order valence-corrected chi connectivity index (χ3v) is 4.33. The van der Waals surface area contributed by atoms with Crippen LogP contribution in [-0.4, -0.2) is 6.67 Å². The molecule has 100 valence electrons. The van der Waals surface area contributed by atoms with Crippen LogP contribution in [0.4, 0.5) is 11.4 Å². The van der Waals surface area contributed by atoms with Crippen molar-refractivity contribution in [2.45, 2.75) is 20.4 Å². The lowest BCUT2D eigenvalue weighted by Crippen LogP contribution is -2.45. The van der Waals surface area contributed by atoms with Gasteiger partial charge in [-0.15, -0.1) is 0 Å². The molecule has 2 nitrogen and oxygen atoms in total. The molecule has 2 aromatic carbocycles. The second kappa shape index (κ2) is 3.89. The van der Waals surface area contributed by atoms with E-state index < -0.39 is 0 Å². The third kappa shape index (κ3) is 1.51. The van der Waals surface area contributed by atoms with Crippen molar-refractivity contribution in [1.82, 2.24) is 0 Å². The molecule has 20 heavy (non-hydrogen) atoms. The molecule has 2 aromatic rings. The molecule has 2 heterocycles. The molecule has 0 saturated carbocycles. The van der Waals surface area contributed by atoms with Gasteiger partial charge in [0.15, 0.2) is 0 Å². The standard InChI is InChI=1S/C18H18N2/c1-12-4-6-17-15(8-12)10-19-11-20(17)14(3)16-9-13(2)5-7-18(16)19/h4-9H,3,10-11H2,1-2H3. The van der Waals surface area contributed by atoms with Crippen molar-refractivity contribution in [2.24, 2.45) is 0 Å². The normalized spacial score (nSPS) is 16.0. The summed E-state index contributed by atoms with van der Waals surface area (Å²) in [7, 11) is 0. The second-order valence-corrected chi connectivity index (χ2v) is 5.87. The molecule has 0 atom stereocenters. The fraction of sp³-hybridized carbons (Fsp3) is 0.222. The van der Waals surface area contributed by atoms with Gasteiger partial charge < -0.3 is 9.80 Å². The Labute approximate surface area is 119 Å². The van der Waals surface area contributed by atoms with Gasteiger partial charge in [-0.05, 0) is 37.6 Å². The lowest BCUT2D eigenvalue weighted by molar-refractivity contribution is 0.738. The summed E-state index contributed by atoms with van der Waals surface area (Å²) in [6.07, 6.45) is 0. The predicted octanol–water partition coefficient (Wildman–Crippen LogP) is 4.07. The summed E-state index contributed by atoms with van der Waals surface area (Å²) in [5.74, 6) is 0. The quantitative estimate of drug-likeness (QED) is 0.706.